The first kappa shape index (κ1) is 26.4. The average molecular weight is 497 g/mol. The Kier molecular flexibility index (Phi) is 9.02. The lowest BCUT2D eigenvalue weighted by molar-refractivity contribution is -0.140. The number of hydrogen-bond donors (Lipinski definition) is 3. The van der Waals surface area contributed by atoms with Crippen LogP contribution in [0.2, 0.25) is 0 Å². The van der Waals surface area contributed by atoms with E-state index in [1.807, 2.05) is 6.07 Å². The van der Waals surface area contributed by atoms with Gasteiger partial charge in [-0.05, 0) is 61.9 Å². The number of hydrogen-bond acceptors (Lipinski definition) is 5. The van der Waals surface area contributed by atoms with E-state index in [-0.39, 0.29) is 19.1 Å². The maximum Gasteiger partial charge on any atom is 0.416 e. The van der Waals surface area contributed by atoms with Crippen LogP contribution in [0.4, 0.5) is 23.4 Å². The molecule has 35 heavy (non-hydrogen) atoms. The molecule has 1 aromatic heterocycles. The van der Waals surface area contributed by atoms with E-state index >= 15 is 0 Å². The van der Waals surface area contributed by atoms with Crippen LogP contribution in [0.25, 0.3) is 0 Å². The highest BCUT2D eigenvalue weighted by atomic mass is 19.4. The zero-order valence-corrected chi connectivity index (χ0v) is 19.0. The van der Waals surface area contributed by atoms with Crippen LogP contribution in [-0.4, -0.2) is 47.8 Å². The Morgan fingerprint density at radius 3 is 2.71 bits per heavy atom. The largest absolute Gasteiger partial charge is 0.480 e. The first-order valence-electron chi connectivity index (χ1n) is 11.4. The van der Waals surface area contributed by atoms with Gasteiger partial charge in [-0.1, -0.05) is 6.07 Å². The van der Waals surface area contributed by atoms with Crippen molar-refractivity contribution in [2.24, 2.45) is 0 Å². The fourth-order valence-electron chi connectivity index (χ4n) is 3.70. The third kappa shape index (κ3) is 7.91. The smallest absolute Gasteiger partial charge is 0.416 e. The summed E-state index contributed by atoms with van der Waals surface area (Å²) in [5.74, 6) is -2.79. The van der Waals surface area contributed by atoms with Gasteiger partial charge in [-0.15, -0.1) is 0 Å². The average Bonchev–Trinajstić information content (AvgIpc) is 2.81. The Balaban J connectivity index is 1.40. The van der Waals surface area contributed by atoms with Gasteiger partial charge in [0.1, 0.15) is 17.7 Å². The summed E-state index contributed by atoms with van der Waals surface area (Å²) in [6, 6.07) is 4.07. The predicted molar refractivity (Wildman–Crippen MR) is 120 cm³/mol. The normalized spacial score (nSPS) is 14.1. The van der Waals surface area contributed by atoms with Crippen molar-refractivity contribution in [3.8, 4) is 0 Å². The van der Waals surface area contributed by atoms with E-state index in [0.29, 0.717) is 18.7 Å². The molecule has 1 aromatic carbocycles. The van der Waals surface area contributed by atoms with Crippen molar-refractivity contribution >= 4 is 17.7 Å². The molecule has 1 aliphatic heterocycles. The predicted octanol–water partition coefficient (Wildman–Crippen LogP) is 4.21. The van der Waals surface area contributed by atoms with Gasteiger partial charge < -0.3 is 20.5 Å². The Morgan fingerprint density at radius 1 is 1.17 bits per heavy atom. The van der Waals surface area contributed by atoms with E-state index in [1.54, 1.807) is 0 Å². The van der Waals surface area contributed by atoms with Gasteiger partial charge in [0, 0.05) is 37.4 Å². The van der Waals surface area contributed by atoms with Crippen LogP contribution in [0.15, 0.2) is 30.3 Å². The summed E-state index contributed by atoms with van der Waals surface area (Å²) in [7, 11) is 0. The van der Waals surface area contributed by atoms with E-state index < -0.39 is 41.0 Å². The fraction of sp³-hybridized carbons (Fsp3) is 0.458. The van der Waals surface area contributed by atoms with Gasteiger partial charge in [-0.2, -0.15) is 13.2 Å². The molecule has 1 amide bonds. The monoisotopic (exact) mass is 497 g/mol. The molecule has 7 nitrogen and oxygen atoms in total. The molecule has 0 unspecified atom stereocenters. The SMILES string of the molecule is O=C(N[C@H](CCOCCCCc1ccc2c(n1)NCCC2)C(=O)O)c1cc(F)cc(C(F)(F)F)c1. The zero-order valence-electron chi connectivity index (χ0n) is 19.0. The highest BCUT2D eigenvalue weighted by Gasteiger charge is 2.32. The van der Waals surface area contributed by atoms with Crippen molar-refractivity contribution in [3.05, 3.63) is 58.5 Å². The highest BCUT2D eigenvalue weighted by molar-refractivity contribution is 5.96. The summed E-state index contributed by atoms with van der Waals surface area (Å²) in [5.41, 5.74) is 0.259. The number of halogens is 4. The first-order valence-corrected chi connectivity index (χ1v) is 11.4. The maximum atomic E-state index is 13.5. The third-order valence-electron chi connectivity index (χ3n) is 5.56. The number of carboxylic acids is 1. The number of alkyl halides is 3. The Hall–Kier alpha value is -3.21. The minimum atomic E-state index is -4.84. The number of ether oxygens (including phenoxy) is 1. The number of carbonyl (C=O) groups is 2. The zero-order chi connectivity index (χ0) is 25.4. The number of aliphatic carboxylic acids is 1. The number of aryl methyl sites for hydroxylation is 2. The summed E-state index contributed by atoms with van der Waals surface area (Å²) in [6.45, 7) is 1.32. The summed E-state index contributed by atoms with van der Waals surface area (Å²) in [6.07, 6.45) is -0.490. The van der Waals surface area contributed by atoms with Crippen LogP contribution in [0, 0.1) is 5.82 Å². The molecule has 1 atom stereocenters. The van der Waals surface area contributed by atoms with E-state index in [0.717, 1.165) is 50.2 Å². The quantitative estimate of drug-likeness (QED) is 0.318. The lowest BCUT2D eigenvalue weighted by Crippen LogP contribution is -2.41. The summed E-state index contributed by atoms with van der Waals surface area (Å²) in [4.78, 5) is 28.3. The molecule has 0 spiro atoms. The second kappa shape index (κ2) is 12.0. The van der Waals surface area contributed by atoms with Crippen molar-refractivity contribution in [1.29, 1.82) is 0 Å². The molecule has 2 aromatic rings. The van der Waals surface area contributed by atoms with E-state index in [2.05, 4.69) is 21.7 Å². The molecule has 0 bridgehead atoms. The lowest BCUT2D eigenvalue weighted by Gasteiger charge is -2.17. The number of fused-ring (bicyclic) bond motifs is 1. The molecular formula is C24H27F4N3O4. The van der Waals surface area contributed by atoms with Crippen LogP contribution in [0.1, 0.15) is 52.9 Å². The van der Waals surface area contributed by atoms with Crippen LogP contribution >= 0.6 is 0 Å². The standard InChI is InChI=1S/C24H27F4N3O4/c25-18-13-16(12-17(14-18)24(26,27)28)22(32)31-20(23(33)34)8-11-35-10-2-1-5-19-7-6-15-4-3-9-29-21(15)30-19/h6-7,12-14,20H,1-5,8-11H2,(H,29,30)(H,31,32)(H,33,34)/t20-/m1/s1. The molecule has 0 fully saturated rings. The van der Waals surface area contributed by atoms with Gasteiger partial charge >= 0.3 is 12.1 Å². The highest BCUT2D eigenvalue weighted by Crippen LogP contribution is 2.30. The Labute approximate surface area is 199 Å². The molecule has 2 heterocycles. The molecular weight excluding hydrogens is 470 g/mol. The first-order chi connectivity index (χ1) is 16.6. The maximum absolute atomic E-state index is 13.5. The lowest BCUT2D eigenvalue weighted by atomic mass is 10.1. The number of nitrogens with one attached hydrogen (secondary N) is 2. The molecule has 3 N–H and O–H groups in total. The molecule has 11 heteroatoms. The van der Waals surface area contributed by atoms with Gasteiger partial charge in [0.25, 0.3) is 5.91 Å². The number of amides is 1. The van der Waals surface area contributed by atoms with Crippen LogP contribution in [-0.2, 0) is 28.5 Å². The van der Waals surface area contributed by atoms with Crippen LogP contribution in [0.5, 0.6) is 0 Å². The molecule has 1 aliphatic rings. The Bertz CT molecular complexity index is 1050. The van der Waals surface area contributed by atoms with Crippen molar-refractivity contribution in [2.45, 2.75) is 50.7 Å². The second-order valence-corrected chi connectivity index (χ2v) is 8.29. The van der Waals surface area contributed by atoms with E-state index in [9.17, 15) is 32.3 Å². The minimum Gasteiger partial charge on any atom is -0.480 e. The van der Waals surface area contributed by atoms with Crippen LogP contribution < -0.4 is 10.6 Å². The van der Waals surface area contributed by atoms with Crippen molar-refractivity contribution in [3.63, 3.8) is 0 Å². The number of unbranched alkanes of at least 4 members (excludes halogenated alkanes) is 1. The van der Waals surface area contributed by atoms with Crippen LogP contribution in [0.3, 0.4) is 0 Å². The second-order valence-electron chi connectivity index (χ2n) is 8.29. The van der Waals surface area contributed by atoms with Crippen molar-refractivity contribution in [2.75, 3.05) is 25.1 Å². The van der Waals surface area contributed by atoms with Crippen molar-refractivity contribution < 1.29 is 37.0 Å². The molecule has 3 rings (SSSR count). The van der Waals surface area contributed by atoms with Gasteiger partial charge in [0.2, 0.25) is 0 Å². The summed E-state index contributed by atoms with van der Waals surface area (Å²) < 4.78 is 57.5. The van der Waals surface area contributed by atoms with Gasteiger partial charge in [0.05, 0.1) is 5.56 Å². The molecule has 0 aliphatic carbocycles. The number of anilines is 1. The summed E-state index contributed by atoms with van der Waals surface area (Å²) in [5, 5.41) is 14.7. The number of carboxylic acid groups (broad SMARTS) is 1. The Morgan fingerprint density at radius 2 is 1.97 bits per heavy atom. The molecule has 0 radical (unpaired) electrons. The molecule has 0 saturated carbocycles. The number of rotatable bonds is 11. The fourth-order valence-corrected chi connectivity index (χ4v) is 3.70. The van der Waals surface area contributed by atoms with Gasteiger partial charge in [-0.25, -0.2) is 14.2 Å². The number of nitrogens with zero attached hydrogens (tertiary/aromatic N) is 1. The van der Waals surface area contributed by atoms with Gasteiger partial charge in [0.15, 0.2) is 0 Å². The molecule has 190 valence electrons. The number of aromatic nitrogens is 1. The topological polar surface area (TPSA) is 101 Å². The number of carbonyl (C=O) groups excluding carboxylic acids is 1. The van der Waals surface area contributed by atoms with E-state index in [4.69, 9.17) is 4.74 Å². The summed E-state index contributed by atoms with van der Waals surface area (Å²) >= 11 is 0. The van der Waals surface area contributed by atoms with Crippen molar-refractivity contribution in [1.82, 2.24) is 10.3 Å². The third-order valence-corrected chi connectivity index (χ3v) is 5.56. The number of pyridine rings is 1. The van der Waals surface area contributed by atoms with Gasteiger partial charge in [-0.3, -0.25) is 4.79 Å². The number of benzene rings is 1. The van der Waals surface area contributed by atoms with E-state index in [1.165, 1.54) is 5.56 Å². The minimum absolute atomic E-state index is 0.0230. The molecule has 0 saturated heterocycles.